The molecule has 1 rings (SSSR count). The maximum Gasteiger partial charge on any atom is 0.123 e. The average Bonchev–Trinajstić information content (AvgIpc) is 2.29. The summed E-state index contributed by atoms with van der Waals surface area (Å²) in [6, 6.07) is 8.00. The Morgan fingerprint density at radius 1 is 1.29 bits per heavy atom. The molecule has 0 aliphatic carbocycles. The molecule has 0 aliphatic heterocycles. The van der Waals surface area contributed by atoms with Gasteiger partial charge in [0.2, 0.25) is 0 Å². The van der Waals surface area contributed by atoms with Crippen molar-refractivity contribution in [3.63, 3.8) is 0 Å². The first-order chi connectivity index (χ1) is 8.03. The van der Waals surface area contributed by atoms with Crippen molar-refractivity contribution in [2.45, 2.75) is 32.6 Å². The molecule has 94 valence electrons. The molecule has 0 heterocycles. The van der Waals surface area contributed by atoms with Crippen molar-refractivity contribution in [2.75, 3.05) is 6.61 Å². The van der Waals surface area contributed by atoms with Crippen LogP contribution in [-0.4, -0.2) is 6.61 Å². The minimum Gasteiger partial charge on any atom is -0.494 e. The van der Waals surface area contributed by atoms with Crippen LogP contribution in [0.25, 0.3) is 0 Å². The summed E-state index contributed by atoms with van der Waals surface area (Å²) < 4.78 is 5.94. The van der Waals surface area contributed by atoms with Gasteiger partial charge in [0, 0.05) is 11.0 Å². The summed E-state index contributed by atoms with van der Waals surface area (Å²) in [5.74, 6) is 0.894. The third kappa shape index (κ3) is 3.65. The molecule has 0 saturated carbocycles. The van der Waals surface area contributed by atoms with Crippen LogP contribution in [0, 0.1) is 0 Å². The van der Waals surface area contributed by atoms with Crippen molar-refractivity contribution in [1.82, 2.24) is 0 Å². The van der Waals surface area contributed by atoms with Gasteiger partial charge in [-0.25, -0.2) is 0 Å². The van der Waals surface area contributed by atoms with Crippen molar-refractivity contribution >= 4 is 23.2 Å². The Bertz CT molecular complexity index is 397. The molecule has 0 radical (unpaired) electrons. The molecule has 1 aromatic rings. The van der Waals surface area contributed by atoms with Crippen molar-refractivity contribution in [3.8, 4) is 5.75 Å². The summed E-state index contributed by atoms with van der Waals surface area (Å²) in [5, 5.41) is 0. The van der Waals surface area contributed by atoms with E-state index in [1.807, 2.05) is 31.2 Å². The van der Waals surface area contributed by atoms with Gasteiger partial charge in [-0.3, -0.25) is 0 Å². The number of rotatable bonds is 5. The second-order valence-corrected chi connectivity index (χ2v) is 5.14. The van der Waals surface area contributed by atoms with E-state index in [0.717, 1.165) is 17.7 Å². The quantitative estimate of drug-likeness (QED) is 0.727. The number of allylic oxidation sites excluding steroid dienone is 1. The zero-order chi connectivity index (χ0) is 12.9. The lowest BCUT2D eigenvalue weighted by atomic mass is 9.80. The monoisotopic (exact) mass is 272 g/mol. The highest BCUT2D eigenvalue weighted by Crippen LogP contribution is 2.37. The Kier molecular flexibility index (Phi) is 5.35. The Balaban J connectivity index is 3.24. The molecule has 1 aromatic carbocycles. The summed E-state index contributed by atoms with van der Waals surface area (Å²) in [5.41, 5.74) is 0.910. The molecular weight excluding hydrogens is 255 g/mol. The molecule has 0 aliphatic rings. The fraction of sp³-hybridized carbons (Fsp3) is 0.429. The number of hydrogen-bond donors (Lipinski definition) is 0. The molecule has 17 heavy (non-hydrogen) atoms. The standard InChI is InChI=1S/C14H18Cl2O/c1-4-14(3,10-13(15)16)11-8-6-7-9-12(11)17-5-2/h6-10H,4-5H2,1-3H3. The molecule has 1 nitrogen and oxygen atoms in total. The van der Waals surface area contributed by atoms with Crippen LogP contribution in [0.5, 0.6) is 5.75 Å². The number of benzene rings is 1. The van der Waals surface area contributed by atoms with E-state index in [9.17, 15) is 0 Å². The van der Waals surface area contributed by atoms with Gasteiger partial charge in [-0.15, -0.1) is 0 Å². The van der Waals surface area contributed by atoms with Crippen molar-refractivity contribution in [2.24, 2.45) is 0 Å². The smallest absolute Gasteiger partial charge is 0.123 e. The van der Waals surface area contributed by atoms with Crippen LogP contribution in [0.15, 0.2) is 34.8 Å². The van der Waals surface area contributed by atoms with E-state index in [1.165, 1.54) is 0 Å². The number of hydrogen-bond acceptors (Lipinski definition) is 1. The predicted molar refractivity (Wildman–Crippen MR) is 75.0 cm³/mol. The first kappa shape index (κ1) is 14.4. The van der Waals surface area contributed by atoms with Gasteiger partial charge in [-0.05, 0) is 25.5 Å². The summed E-state index contributed by atoms with van der Waals surface area (Å²) >= 11 is 11.6. The van der Waals surface area contributed by atoms with E-state index in [-0.39, 0.29) is 5.41 Å². The minimum atomic E-state index is -0.204. The first-order valence-electron chi connectivity index (χ1n) is 5.79. The van der Waals surface area contributed by atoms with Crippen molar-refractivity contribution in [1.29, 1.82) is 0 Å². The van der Waals surface area contributed by atoms with Gasteiger partial charge in [-0.2, -0.15) is 0 Å². The third-order valence-corrected chi connectivity index (χ3v) is 3.18. The second-order valence-electron chi connectivity index (χ2n) is 4.13. The van der Waals surface area contributed by atoms with E-state index in [4.69, 9.17) is 27.9 Å². The zero-order valence-corrected chi connectivity index (χ0v) is 12.0. The molecule has 0 bridgehead atoms. The largest absolute Gasteiger partial charge is 0.494 e. The lowest BCUT2D eigenvalue weighted by Gasteiger charge is -2.27. The molecular formula is C14H18Cl2O. The molecule has 1 unspecified atom stereocenters. The number of ether oxygens (including phenoxy) is 1. The normalized spacial score (nSPS) is 13.9. The lowest BCUT2D eigenvalue weighted by Crippen LogP contribution is -2.19. The van der Waals surface area contributed by atoms with Crippen LogP contribution in [0.1, 0.15) is 32.8 Å². The lowest BCUT2D eigenvalue weighted by molar-refractivity contribution is 0.330. The molecule has 3 heteroatoms. The number of para-hydroxylation sites is 1. The summed E-state index contributed by atoms with van der Waals surface area (Å²) in [4.78, 5) is 0. The molecule has 0 saturated heterocycles. The van der Waals surface area contributed by atoms with Crippen molar-refractivity contribution in [3.05, 3.63) is 40.4 Å². The van der Waals surface area contributed by atoms with Crippen LogP contribution in [-0.2, 0) is 5.41 Å². The molecule has 0 spiro atoms. The highest BCUT2D eigenvalue weighted by Gasteiger charge is 2.25. The van der Waals surface area contributed by atoms with E-state index >= 15 is 0 Å². The van der Waals surface area contributed by atoms with Gasteiger partial charge in [-0.1, -0.05) is 55.2 Å². The van der Waals surface area contributed by atoms with Crippen LogP contribution < -0.4 is 4.74 Å². The zero-order valence-electron chi connectivity index (χ0n) is 10.5. The highest BCUT2D eigenvalue weighted by molar-refractivity contribution is 6.55. The Hall–Kier alpha value is -0.660. The van der Waals surface area contributed by atoms with Gasteiger partial charge >= 0.3 is 0 Å². The van der Waals surface area contributed by atoms with Gasteiger partial charge in [0.15, 0.2) is 0 Å². The summed E-state index contributed by atoms with van der Waals surface area (Å²) in [6.07, 6.45) is 2.77. The topological polar surface area (TPSA) is 9.23 Å². The van der Waals surface area contributed by atoms with Gasteiger partial charge in [0.05, 0.1) is 6.61 Å². The van der Waals surface area contributed by atoms with E-state index in [1.54, 1.807) is 0 Å². The molecule has 1 atom stereocenters. The Morgan fingerprint density at radius 3 is 2.47 bits per heavy atom. The van der Waals surface area contributed by atoms with Gasteiger partial charge in [0.25, 0.3) is 0 Å². The molecule has 0 amide bonds. The average molecular weight is 273 g/mol. The van der Waals surface area contributed by atoms with Crippen LogP contribution >= 0.6 is 23.2 Å². The van der Waals surface area contributed by atoms with Crippen molar-refractivity contribution < 1.29 is 4.74 Å². The Labute approximate surface area is 113 Å². The van der Waals surface area contributed by atoms with Gasteiger partial charge < -0.3 is 4.74 Å². The Morgan fingerprint density at radius 2 is 1.94 bits per heavy atom. The third-order valence-electron chi connectivity index (χ3n) is 2.96. The van der Waals surface area contributed by atoms with E-state index < -0.39 is 0 Å². The van der Waals surface area contributed by atoms with Crippen LogP contribution in [0.3, 0.4) is 0 Å². The SMILES string of the molecule is CCOc1ccccc1C(C)(C=C(Cl)Cl)CC. The van der Waals surface area contributed by atoms with Crippen LogP contribution in [0.2, 0.25) is 0 Å². The maximum atomic E-state index is 5.81. The fourth-order valence-electron chi connectivity index (χ4n) is 1.83. The second kappa shape index (κ2) is 6.32. The molecule has 0 aromatic heterocycles. The fourth-order valence-corrected chi connectivity index (χ4v) is 2.31. The van der Waals surface area contributed by atoms with Gasteiger partial charge in [0.1, 0.15) is 10.2 Å². The predicted octanol–water partition coefficient (Wildman–Crippen LogP) is 5.07. The number of halogens is 2. The summed E-state index contributed by atoms with van der Waals surface area (Å²) in [7, 11) is 0. The highest BCUT2D eigenvalue weighted by atomic mass is 35.5. The first-order valence-corrected chi connectivity index (χ1v) is 6.55. The maximum absolute atomic E-state index is 5.81. The molecule has 0 N–H and O–H groups in total. The van der Waals surface area contributed by atoms with E-state index in [2.05, 4.69) is 19.9 Å². The minimum absolute atomic E-state index is 0.204. The van der Waals surface area contributed by atoms with E-state index in [0.29, 0.717) is 11.1 Å². The molecule has 0 fully saturated rings. The summed E-state index contributed by atoms with van der Waals surface area (Å²) in [6.45, 7) is 6.84. The van der Waals surface area contributed by atoms with Crippen LogP contribution in [0.4, 0.5) is 0 Å².